The topological polar surface area (TPSA) is 43.1 Å². The largest absolute Gasteiger partial charge is 0.324 e. The molecule has 10 heavy (non-hydrogen) atoms. The Hall–Kier alpha value is -0.370. The second kappa shape index (κ2) is 1.45. The minimum atomic E-state index is 0.0729. The zero-order chi connectivity index (χ0) is 7.41. The third-order valence-electron chi connectivity index (χ3n) is 3.07. The first-order valence-electron chi connectivity index (χ1n) is 3.84. The Kier molecular flexibility index (Phi) is 0.919. The van der Waals surface area contributed by atoms with Crippen LogP contribution in [0.15, 0.2) is 0 Å². The van der Waals surface area contributed by atoms with Crippen molar-refractivity contribution >= 4 is 5.78 Å². The number of hydrogen-bond acceptors (Lipinski definition) is 2. The van der Waals surface area contributed by atoms with Crippen LogP contribution in [0.25, 0.3) is 0 Å². The highest BCUT2D eigenvalue weighted by atomic mass is 16.1. The Balaban J connectivity index is 2.04. The number of nitrogens with two attached hydrogens (primary N) is 1. The van der Waals surface area contributed by atoms with Crippen LogP contribution in [0, 0.1) is 10.8 Å². The number of Topliss-reactive ketones (excluding diaryl/α,β-unsaturated/α-hetero) is 1. The van der Waals surface area contributed by atoms with Crippen LogP contribution in [0.4, 0.5) is 0 Å². The molecule has 2 N–H and O–H groups in total. The molecular formula is C8H13NO. The molecule has 0 radical (unpaired) electrons. The summed E-state index contributed by atoms with van der Waals surface area (Å²) in [7, 11) is 0. The molecule has 0 spiro atoms. The van der Waals surface area contributed by atoms with Crippen molar-refractivity contribution in [3.63, 3.8) is 0 Å². The lowest BCUT2D eigenvalue weighted by molar-refractivity contribution is -0.195. The zero-order valence-corrected chi connectivity index (χ0v) is 6.31. The van der Waals surface area contributed by atoms with E-state index in [4.69, 9.17) is 5.73 Å². The average Bonchev–Trinajstić information content (AvgIpc) is 1.77. The van der Waals surface area contributed by atoms with Crippen LogP contribution >= 0.6 is 0 Å². The minimum Gasteiger partial charge on any atom is -0.324 e. The summed E-state index contributed by atoms with van der Waals surface area (Å²) >= 11 is 0. The van der Waals surface area contributed by atoms with Crippen LogP contribution in [-0.2, 0) is 4.79 Å². The fraction of sp³-hybridized carbons (Fsp3) is 0.875. The Morgan fingerprint density at radius 2 is 2.00 bits per heavy atom. The van der Waals surface area contributed by atoms with Gasteiger partial charge in [-0.2, -0.15) is 0 Å². The maximum atomic E-state index is 11.2. The molecule has 0 aliphatic heterocycles. The highest BCUT2D eigenvalue weighted by molar-refractivity contribution is 5.89. The molecule has 2 heteroatoms. The van der Waals surface area contributed by atoms with Gasteiger partial charge in [-0.15, -0.1) is 0 Å². The van der Waals surface area contributed by atoms with Crippen LogP contribution in [0.2, 0.25) is 0 Å². The molecule has 2 nitrogen and oxygen atoms in total. The lowest BCUT2D eigenvalue weighted by Gasteiger charge is -2.68. The van der Waals surface area contributed by atoms with Gasteiger partial charge < -0.3 is 5.73 Å². The molecule has 0 aromatic rings. The Bertz CT molecular complexity index is 178. The number of carbonyl (C=O) groups is 1. The van der Waals surface area contributed by atoms with E-state index >= 15 is 0 Å². The standard InChI is InChI=1S/C8H13NO/c1-7-3-8(4-7,5-7)6(10)2-9/h2-5,9H2,1H3. The van der Waals surface area contributed by atoms with Gasteiger partial charge in [0.1, 0.15) is 0 Å². The smallest absolute Gasteiger partial charge is 0.152 e. The summed E-state index contributed by atoms with van der Waals surface area (Å²) in [6, 6.07) is 0. The lowest BCUT2D eigenvalue weighted by atomic mass is 9.35. The summed E-state index contributed by atoms with van der Waals surface area (Å²) in [5, 5.41) is 0. The molecule has 3 saturated carbocycles. The summed E-state index contributed by atoms with van der Waals surface area (Å²) in [6.45, 7) is 2.49. The predicted molar refractivity (Wildman–Crippen MR) is 38.5 cm³/mol. The zero-order valence-electron chi connectivity index (χ0n) is 6.31. The molecule has 3 rings (SSSR count). The van der Waals surface area contributed by atoms with Crippen molar-refractivity contribution in [3.05, 3.63) is 0 Å². The number of hydrogen-bond donors (Lipinski definition) is 1. The van der Waals surface area contributed by atoms with Crippen LogP contribution in [0.5, 0.6) is 0 Å². The number of carbonyl (C=O) groups excluding carboxylic acids is 1. The molecule has 3 aliphatic carbocycles. The summed E-state index contributed by atoms with van der Waals surface area (Å²) < 4.78 is 0. The highest BCUT2D eigenvalue weighted by Gasteiger charge is 2.67. The van der Waals surface area contributed by atoms with E-state index in [1.165, 1.54) is 0 Å². The fourth-order valence-electron chi connectivity index (χ4n) is 2.81. The van der Waals surface area contributed by atoms with Crippen LogP contribution in [0.1, 0.15) is 26.2 Å². The quantitative estimate of drug-likeness (QED) is 0.612. The van der Waals surface area contributed by atoms with Crippen molar-refractivity contribution < 1.29 is 4.79 Å². The molecule has 0 aromatic carbocycles. The molecule has 3 fully saturated rings. The minimum absolute atomic E-state index is 0.0729. The van der Waals surface area contributed by atoms with E-state index in [1.807, 2.05) is 0 Å². The Labute approximate surface area is 60.8 Å². The van der Waals surface area contributed by atoms with E-state index in [2.05, 4.69) is 6.92 Å². The molecule has 2 bridgehead atoms. The van der Waals surface area contributed by atoms with Gasteiger partial charge in [-0.1, -0.05) is 6.92 Å². The first-order valence-corrected chi connectivity index (χ1v) is 3.84. The van der Waals surface area contributed by atoms with Gasteiger partial charge in [0, 0.05) is 5.41 Å². The van der Waals surface area contributed by atoms with E-state index < -0.39 is 0 Å². The molecule has 0 aromatic heterocycles. The average molecular weight is 139 g/mol. The highest BCUT2D eigenvalue weighted by Crippen LogP contribution is 2.73. The molecule has 0 heterocycles. The van der Waals surface area contributed by atoms with Crippen molar-refractivity contribution in [2.24, 2.45) is 16.6 Å². The van der Waals surface area contributed by atoms with Gasteiger partial charge >= 0.3 is 0 Å². The van der Waals surface area contributed by atoms with Gasteiger partial charge in [0.25, 0.3) is 0 Å². The summed E-state index contributed by atoms with van der Waals surface area (Å²) in [4.78, 5) is 11.2. The molecule has 0 saturated heterocycles. The van der Waals surface area contributed by atoms with Gasteiger partial charge in [-0.25, -0.2) is 0 Å². The van der Waals surface area contributed by atoms with Gasteiger partial charge in [0.15, 0.2) is 5.78 Å². The van der Waals surface area contributed by atoms with Crippen molar-refractivity contribution in [1.82, 2.24) is 0 Å². The van der Waals surface area contributed by atoms with Crippen molar-refractivity contribution in [2.75, 3.05) is 6.54 Å². The lowest BCUT2D eigenvalue weighted by Crippen LogP contribution is -2.64. The first kappa shape index (κ1) is 6.35. The number of ketones is 1. The summed E-state index contributed by atoms with van der Waals surface area (Å²) in [5.74, 6) is 0.288. The monoisotopic (exact) mass is 139 g/mol. The maximum absolute atomic E-state index is 11.2. The fourth-order valence-corrected chi connectivity index (χ4v) is 2.81. The van der Waals surface area contributed by atoms with Crippen molar-refractivity contribution in [3.8, 4) is 0 Å². The second-order valence-electron chi connectivity index (χ2n) is 4.25. The molecule has 0 unspecified atom stereocenters. The van der Waals surface area contributed by atoms with E-state index in [-0.39, 0.29) is 17.7 Å². The van der Waals surface area contributed by atoms with Gasteiger partial charge in [-0.05, 0) is 24.7 Å². The summed E-state index contributed by atoms with van der Waals surface area (Å²) in [6.07, 6.45) is 3.32. The maximum Gasteiger partial charge on any atom is 0.152 e. The summed E-state index contributed by atoms with van der Waals surface area (Å²) in [5.41, 5.74) is 5.89. The first-order chi connectivity index (χ1) is 4.60. The predicted octanol–water partition coefficient (Wildman–Crippen LogP) is 0.704. The normalized spacial score (nSPS) is 49.4. The molecule has 56 valence electrons. The van der Waals surface area contributed by atoms with Crippen molar-refractivity contribution in [1.29, 1.82) is 0 Å². The SMILES string of the molecule is CC12CC(C(=O)CN)(C1)C2. The molecule has 0 amide bonds. The van der Waals surface area contributed by atoms with E-state index in [9.17, 15) is 4.79 Å². The van der Waals surface area contributed by atoms with E-state index in [0.717, 1.165) is 19.3 Å². The third-order valence-corrected chi connectivity index (χ3v) is 3.07. The molecule has 0 atom stereocenters. The number of rotatable bonds is 2. The van der Waals surface area contributed by atoms with E-state index in [0.29, 0.717) is 5.41 Å². The van der Waals surface area contributed by atoms with Crippen LogP contribution in [-0.4, -0.2) is 12.3 Å². The van der Waals surface area contributed by atoms with Crippen LogP contribution in [0.3, 0.4) is 0 Å². The Morgan fingerprint density at radius 3 is 2.30 bits per heavy atom. The Morgan fingerprint density at radius 1 is 1.50 bits per heavy atom. The van der Waals surface area contributed by atoms with Gasteiger partial charge in [-0.3, -0.25) is 4.79 Å². The molecular weight excluding hydrogens is 126 g/mol. The van der Waals surface area contributed by atoms with Crippen LogP contribution < -0.4 is 5.73 Å². The second-order valence-corrected chi connectivity index (χ2v) is 4.25. The van der Waals surface area contributed by atoms with Gasteiger partial charge in [0.05, 0.1) is 6.54 Å². The van der Waals surface area contributed by atoms with Gasteiger partial charge in [0.2, 0.25) is 0 Å². The van der Waals surface area contributed by atoms with Crippen molar-refractivity contribution in [2.45, 2.75) is 26.2 Å². The molecule has 3 aliphatic rings. The third kappa shape index (κ3) is 0.511. The van der Waals surface area contributed by atoms with E-state index in [1.54, 1.807) is 0 Å².